The van der Waals surface area contributed by atoms with Gasteiger partial charge in [-0.15, -0.1) is 0 Å². The fourth-order valence-corrected chi connectivity index (χ4v) is 2.40. The topological polar surface area (TPSA) is 41.6 Å². The van der Waals surface area contributed by atoms with Crippen molar-refractivity contribution in [3.63, 3.8) is 0 Å². The molecule has 0 saturated carbocycles. The molecule has 1 aromatic rings. The van der Waals surface area contributed by atoms with Crippen LogP contribution in [0.25, 0.3) is 0 Å². The maximum atomic E-state index is 11.9. The summed E-state index contributed by atoms with van der Waals surface area (Å²) >= 11 is 0. The van der Waals surface area contributed by atoms with Crippen molar-refractivity contribution < 1.29 is 9.53 Å². The smallest absolute Gasteiger partial charge is 0.236 e. The second-order valence-corrected chi connectivity index (χ2v) is 5.47. The van der Waals surface area contributed by atoms with Gasteiger partial charge in [-0.05, 0) is 32.8 Å². The van der Waals surface area contributed by atoms with Gasteiger partial charge in [0.25, 0.3) is 0 Å². The van der Waals surface area contributed by atoms with Crippen LogP contribution in [0.15, 0.2) is 24.3 Å². The lowest BCUT2D eigenvalue weighted by Crippen LogP contribution is -2.36. The maximum absolute atomic E-state index is 11.9. The van der Waals surface area contributed by atoms with Gasteiger partial charge in [0.1, 0.15) is 5.75 Å². The zero-order valence-corrected chi connectivity index (χ0v) is 12.4. The van der Waals surface area contributed by atoms with Gasteiger partial charge in [0, 0.05) is 25.2 Å². The summed E-state index contributed by atoms with van der Waals surface area (Å²) in [5, 5.41) is 3.22. The van der Waals surface area contributed by atoms with Crippen LogP contribution in [0.2, 0.25) is 0 Å². The number of hydrogen-bond donors (Lipinski definition) is 1. The van der Waals surface area contributed by atoms with Crippen LogP contribution in [-0.4, -0.2) is 36.5 Å². The van der Waals surface area contributed by atoms with E-state index in [9.17, 15) is 4.79 Å². The number of benzene rings is 1. The van der Waals surface area contributed by atoms with E-state index in [1.54, 1.807) is 0 Å². The molecule has 0 atom stereocenters. The molecule has 0 spiro atoms. The second kappa shape index (κ2) is 7.29. The molecule has 1 saturated heterocycles. The normalized spacial score (nSPS) is 14.8. The molecule has 1 heterocycles. The third-order valence-corrected chi connectivity index (χ3v) is 3.39. The highest BCUT2D eigenvalue weighted by atomic mass is 16.5. The second-order valence-electron chi connectivity index (χ2n) is 5.47. The van der Waals surface area contributed by atoms with Gasteiger partial charge < -0.3 is 15.0 Å². The number of amides is 1. The molecule has 0 radical (unpaired) electrons. The molecular formula is C16H24N2O2. The molecule has 1 fully saturated rings. The molecule has 4 heteroatoms. The van der Waals surface area contributed by atoms with Crippen molar-refractivity contribution in [2.75, 3.05) is 19.6 Å². The number of carbonyl (C=O) groups is 1. The molecule has 0 bridgehead atoms. The van der Waals surface area contributed by atoms with Gasteiger partial charge in [-0.2, -0.15) is 0 Å². The Morgan fingerprint density at radius 1 is 1.30 bits per heavy atom. The number of hydrogen-bond acceptors (Lipinski definition) is 3. The van der Waals surface area contributed by atoms with Crippen LogP contribution in [0.4, 0.5) is 0 Å². The molecule has 0 aromatic heterocycles. The number of carbonyl (C=O) groups excluding carboxylic acids is 1. The first-order valence-corrected chi connectivity index (χ1v) is 7.40. The Balaban J connectivity index is 1.82. The third kappa shape index (κ3) is 4.23. The highest BCUT2D eigenvalue weighted by Gasteiger charge is 2.17. The van der Waals surface area contributed by atoms with Crippen LogP contribution >= 0.6 is 0 Å². The first-order valence-electron chi connectivity index (χ1n) is 7.40. The molecule has 1 aromatic carbocycles. The number of para-hydroxylation sites is 1. The van der Waals surface area contributed by atoms with E-state index in [2.05, 4.69) is 5.32 Å². The van der Waals surface area contributed by atoms with E-state index in [4.69, 9.17) is 4.74 Å². The van der Waals surface area contributed by atoms with Crippen LogP contribution in [0, 0.1) is 0 Å². The van der Waals surface area contributed by atoms with Crippen molar-refractivity contribution in [3.05, 3.63) is 29.8 Å². The first-order chi connectivity index (χ1) is 9.66. The molecule has 4 nitrogen and oxygen atoms in total. The van der Waals surface area contributed by atoms with Crippen LogP contribution in [0.3, 0.4) is 0 Å². The minimum Gasteiger partial charge on any atom is -0.491 e. The summed E-state index contributed by atoms with van der Waals surface area (Å²) < 4.78 is 5.77. The van der Waals surface area contributed by atoms with Crippen molar-refractivity contribution in [2.45, 2.75) is 39.3 Å². The Hall–Kier alpha value is -1.55. The summed E-state index contributed by atoms with van der Waals surface area (Å²) in [5.41, 5.74) is 1.09. The minimum atomic E-state index is 0.155. The van der Waals surface area contributed by atoms with Gasteiger partial charge in [-0.1, -0.05) is 18.2 Å². The maximum Gasteiger partial charge on any atom is 0.236 e. The van der Waals surface area contributed by atoms with E-state index in [0.717, 1.165) is 37.2 Å². The molecular weight excluding hydrogens is 252 g/mol. The van der Waals surface area contributed by atoms with E-state index in [0.29, 0.717) is 13.1 Å². The van der Waals surface area contributed by atoms with Gasteiger partial charge in [-0.25, -0.2) is 0 Å². The van der Waals surface area contributed by atoms with Crippen molar-refractivity contribution in [1.82, 2.24) is 10.2 Å². The van der Waals surface area contributed by atoms with Crippen LogP contribution in [-0.2, 0) is 11.3 Å². The fraction of sp³-hybridized carbons (Fsp3) is 0.562. The van der Waals surface area contributed by atoms with Gasteiger partial charge in [-0.3, -0.25) is 4.79 Å². The average molecular weight is 276 g/mol. The Labute approximate surface area is 121 Å². The molecule has 0 unspecified atom stereocenters. The van der Waals surface area contributed by atoms with Gasteiger partial charge in [0.2, 0.25) is 5.91 Å². The third-order valence-electron chi connectivity index (χ3n) is 3.39. The highest BCUT2D eigenvalue weighted by molar-refractivity contribution is 5.78. The number of rotatable bonds is 6. The highest BCUT2D eigenvalue weighted by Crippen LogP contribution is 2.19. The minimum absolute atomic E-state index is 0.155. The summed E-state index contributed by atoms with van der Waals surface area (Å²) in [5.74, 6) is 1.09. The van der Waals surface area contributed by atoms with Crippen LogP contribution in [0.5, 0.6) is 5.75 Å². The van der Waals surface area contributed by atoms with Crippen molar-refractivity contribution >= 4 is 5.91 Å². The quantitative estimate of drug-likeness (QED) is 0.866. The van der Waals surface area contributed by atoms with Crippen molar-refractivity contribution in [2.24, 2.45) is 0 Å². The van der Waals surface area contributed by atoms with Crippen molar-refractivity contribution in [3.8, 4) is 5.75 Å². The standard InChI is InChI=1S/C16H24N2O2/c1-13(2)20-15-8-4-3-7-14(15)11-17-12-16(19)18-9-5-6-10-18/h3-4,7-8,13,17H,5-6,9-12H2,1-2H3. The monoisotopic (exact) mass is 276 g/mol. The molecule has 1 amide bonds. The lowest BCUT2D eigenvalue weighted by atomic mass is 10.2. The Morgan fingerprint density at radius 3 is 2.70 bits per heavy atom. The zero-order chi connectivity index (χ0) is 14.4. The summed E-state index contributed by atoms with van der Waals surface area (Å²) in [6.45, 7) is 6.90. The van der Waals surface area contributed by atoms with E-state index < -0.39 is 0 Å². The predicted molar refractivity (Wildman–Crippen MR) is 79.7 cm³/mol. The van der Waals surface area contributed by atoms with Crippen LogP contribution < -0.4 is 10.1 Å². The molecule has 2 rings (SSSR count). The molecule has 0 aliphatic carbocycles. The van der Waals surface area contributed by atoms with Gasteiger partial charge in [0.15, 0.2) is 0 Å². The fourth-order valence-electron chi connectivity index (χ4n) is 2.40. The SMILES string of the molecule is CC(C)Oc1ccccc1CNCC(=O)N1CCCC1. The zero-order valence-electron chi connectivity index (χ0n) is 12.4. The summed E-state index contributed by atoms with van der Waals surface area (Å²) in [4.78, 5) is 13.9. The van der Waals surface area contributed by atoms with Crippen molar-refractivity contribution in [1.29, 1.82) is 0 Å². The molecule has 1 N–H and O–H groups in total. The van der Waals surface area contributed by atoms with E-state index in [1.807, 2.05) is 43.0 Å². The van der Waals surface area contributed by atoms with Crippen LogP contribution in [0.1, 0.15) is 32.3 Å². The lowest BCUT2D eigenvalue weighted by molar-refractivity contribution is -0.129. The van der Waals surface area contributed by atoms with E-state index in [1.165, 1.54) is 0 Å². The Morgan fingerprint density at radius 2 is 2.00 bits per heavy atom. The number of ether oxygens (including phenoxy) is 1. The first kappa shape index (κ1) is 14.9. The Bertz CT molecular complexity index is 440. The predicted octanol–water partition coefficient (Wildman–Crippen LogP) is 2.19. The largest absolute Gasteiger partial charge is 0.491 e. The van der Waals surface area contributed by atoms with Gasteiger partial charge in [0.05, 0.1) is 12.6 Å². The summed E-state index contributed by atoms with van der Waals surface area (Å²) in [6, 6.07) is 7.97. The molecule has 20 heavy (non-hydrogen) atoms. The van der Waals surface area contributed by atoms with E-state index in [-0.39, 0.29) is 12.0 Å². The Kier molecular flexibility index (Phi) is 5.41. The number of nitrogens with zero attached hydrogens (tertiary/aromatic N) is 1. The lowest BCUT2D eigenvalue weighted by Gasteiger charge is -2.17. The summed E-state index contributed by atoms with van der Waals surface area (Å²) in [7, 11) is 0. The van der Waals surface area contributed by atoms with E-state index >= 15 is 0 Å². The number of nitrogens with one attached hydrogen (secondary N) is 1. The number of likely N-dealkylation sites (tertiary alicyclic amines) is 1. The summed E-state index contributed by atoms with van der Waals surface area (Å²) in [6.07, 6.45) is 2.43. The van der Waals surface area contributed by atoms with Gasteiger partial charge >= 0.3 is 0 Å². The molecule has 110 valence electrons. The molecule has 1 aliphatic rings. The average Bonchev–Trinajstić information content (AvgIpc) is 2.94. The molecule has 1 aliphatic heterocycles.